The first-order valence-corrected chi connectivity index (χ1v) is 9.14. The lowest BCUT2D eigenvalue weighted by atomic mass is 9.82. The zero-order valence-corrected chi connectivity index (χ0v) is 13.8. The van der Waals surface area contributed by atoms with E-state index in [4.69, 9.17) is 0 Å². The Morgan fingerprint density at radius 1 is 1.09 bits per heavy atom. The quantitative estimate of drug-likeness (QED) is 0.901. The Balaban J connectivity index is 1.44. The van der Waals surface area contributed by atoms with Crippen LogP contribution in [0, 0.1) is 0 Å². The van der Waals surface area contributed by atoms with Crippen LogP contribution in [0.25, 0.3) is 0 Å². The van der Waals surface area contributed by atoms with Gasteiger partial charge in [0.25, 0.3) is 0 Å². The molecule has 1 amide bonds. The lowest BCUT2D eigenvalue weighted by Gasteiger charge is -2.33. The van der Waals surface area contributed by atoms with Crippen LogP contribution in [0.15, 0.2) is 24.3 Å². The Morgan fingerprint density at radius 2 is 1.91 bits per heavy atom. The molecule has 1 aromatic rings. The van der Waals surface area contributed by atoms with Crippen molar-refractivity contribution in [2.45, 2.75) is 37.6 Å². The molecule has 23 heavy (non-hydrogen) atoms. The molecule has 1 aromatic carbocycles. The highest BCUT2D eigenvalue weighted by molar-refractivity contribution is 5.84. The topological polar surface area (TPSA) is 35.6 Å². The third-order valence-electron chi connectivity index (χ3n) is 5.81. The van der Waals surface area contributed by atoms with Gasteiger partial charge in [-0.3, -0.25) is 9.69 Å². The molecular formula is C19H27N3O. The first kappa shape index (κ1) is 15.2. The van der Waals surface area contributed by atoms with E-state index in [1.54, 1.807) is 0 Å². The maximum absolute atomic E-state index is 13.1. The van der Waals surface area contributed by atoms with Crippen LogP contribution in [0.4, 0.5) is 0 Å². The average molecular weight is 313 g/mol. The molecule has 0 spiro atoms. The van der Waals surface area contributed by atoms with E-state index in [2.05, 4.69) is 39.4 Å². The minimum Gasteiger partial charge on any atom is -0.341 e. The Kier molecular flexibility index (Phi) is 4.36. The molecule has 1 N–H and O–H groups in total. The first-order valence-electron chi connectivity index (χ1n) is 9.14. The third kappa shape index (κ3) is 3.02. The minimum atomic E-state index is 0.0988. The lowest BCUT2D eigenvalue weighted by molar-refractivity contribution is -0.132. The second-order valence-electron chi connectivity index (χ2n) is 7.16. The smallest absolute Gasteiger partial charge is 0.230 e. The number of benzene rings is 1. The number of piperazine rings is 1. The fraction of sp³-hybridized carbons (Fsp3) is 0.632. The molecular weight excluding hydrogens is 286 g/mol. The summed E-state index contributed by atoms with van der Waals surface area (Å²) < 4.78 is 0. The second kappa shape index (κ2) is 6.62. The molecule has 2 unspecified atom stereocenters. The van der Waals surface area contributed by atoms with Gasteiger partial charge in [-0.1, -0.05) is 24.3 Å². The third-order valence-corrected chi connectivity index (χ3v) is 5.81. The van der Waals surface area contributed by atoms with Gasteiger partial charge in [0.1, 0.15) is 0 Å². The van der Waals surface area contributed by atoms with Crippen molar-refractivity contribution in [2.75, 3.05) is 39.3 Å². The van der Waals surface area contributed by atoms with Gasteiger partial charge in [-0.15, -0.1) is 0 Å². The number of carbonyl (C=O) groups excluding carboxylic acids is 1. The van der Waals surface area contributed by atoms with E-state index >= 15 is 0 Å². The number of hydrogen-bond donors (Lipinski definition) is 1. The predicted molar refractivity (Wildman–Crippen MR) is 91.5 cm³/mol. The van der Waals surface area contributed by atoms with E-state index in [1.165, 1.54) is 11.1 Å². The van der Waals surface area contributed by atoms with Crippen LogP contribution in [-0.2, 0) is 11.2 Å². The minimum absolute atomic E-state index is 0.0988. The van der Waals surface area contributed by atoms with Crippen molar-refractivity contribution in [3.8, 4) is 0 Å². The molecule has 0 saturated carbocycles. The van der Waals surface area contributed by atoms with Crippen LogP contribution >= 0.6 is 0 Å². The maximum Gasteiger partial charge on any atom is 0.230 e. The highest BCUT2D eigenvalue weighted by Crippen LogP contribution is 2.34. The Hall–Kier alpha value is -1.39. The van der Waals surface area contributed by atoms with Crippen molar-refractivity contribution in [1.29, 1.82) is 0 Å². The van der Waals surface area contributed by atoms with Crippen molar-refractivity contribution in [3.63, 3.8) is 0 Å². The number of aryl methyl sites for hydroxylation is 1. The van der Waals surface area contributed by atoms with Crippen LogP contribution in [-0.4, -0.2) is 61.0 Å². The van der Waals surface area contributed by atoms with E-state index in [0.29, 0.717) is 11.9 Å². The summed E-state index contributed by atoms with van der Waals surface area (Å²) in [5.74, 6) is 0.469. The molecule has 1 aliphatic carbocycles. The van der Waals surface area contributed by atoms with Crippen LogP contribution < -0.4 is 5.32 Å². The molecule has 0 aromatic heterocycles. The van der Waals surface area contributed by atoms with E-state index in [-0.39, 0.29) is 5.92 Å². The molecule has 2 aliphatic heterocycles. The number of carbonyl (C=O) groups is 1. The molecule has 2 heterocycles. The maximum atomic E-state index is 13.1. The summed E-state index contributed by atoms with van der Waals surface area (Å²) in [7, 11) is 0. The zero-order chi connectivity index (χ0) is 15.6. The Morgan fingerprint density at radius 3 is 2.78 bits per heavy atom. The van der Waals surface area contributed by atoms with Crippen molar-refractivity contribution < 1.29 is 4.79 Å². The van der Waals surface area contributed by atoms with Gasteiger partial charge in [-0.25, -0.2) is 0 Å². The molecule has 4 heteroatoms. The van der Waals surface area contributed by atoms with Gasteiger partial charge in [0, 0.05) is 45.3 Å². The summed E-state index contributed by atoms with van der Waals surface area (Å²) in [6, 6.07) is 9.11. The van der Waals surface area contributed by atoms with E-state index in [1.807, 2.05) is 0 Å². The van der Waals surface area contributed by atoms with Gasteiger partial charge >= 0.3 is 0 Å². The summed E-state index contributed by atoms with van der Waals surface area (Å²) in [6.45, 7) is 6.28. The predicted octanol–water partition coefficient (Wildman–Crippen LogP) is 1.61. The number of fused-ring (bicyclic) bond motifs is 1. The van der Waals surface area contributed by atoms with Crippen molar-refractivity contribution in [1.82, 2.24) is 15.1 Å². The van der Waals surface area contributed by atoms with Crippen molar-refractivity contribution in [2.24, 2.45) is 0 Å². The van der Waals surface area contributed by atoms with Crippen LogP contribution in [0.3, 0.4) is 0 Å². The van der Waals surface area contributed by atoms with E-state index < -0.39 is 0 Å². The van der Waals surface area contributed by atoms with Gasteiger partial charge in [0.15, 0.2) is 0 Å². The second-order valence-corrected chi connectivity index (χ2v) is 7.16. The van der Waals surface area contributed by atoms with E-state index in [0.717, 1.165) is 65.0 Å². The van der Waals surface area contributed by atoms with E-state index in [9.17, 15) is 4.79 Å². The molecule has 0 bridgehead atoms. The summed E-state index contributed by atoms with van der Waals surface area (Å²) in [5.41, 5.74) is 2.67. The summed E-state index contributed by atoms with van der Waals surface area (Å²) in [4.78, 5) is 17.8. The van der Waals surface area contributed by atoms with Gasteiger partial charge in [0.2, 0.25) is 5.91 Å². The number of amides is 1. The molecule has 2 saturated heterocycles. The van der Waals surface area contributed by atoms with Crippen LogP contribution in [0.2, 0.25) is 0 Å². The fourth-order valence-corrected chi connectivity index (χ4v) is 4.52. The van der Waals surface area contributed by atoms with Gasteiger partial charge in [-0.05, 0) is 36.8 Å². The first-order chi connectivity index (χ1) is 11.3. The monoisotopic (exact) mass is 313 g/mol. The lowest BCUT2D eigenvalue weighted by Crippen LogP contribution is -2.49. The number of likely N-dealkylation sites (tertiary alicyclic amines) is 1. The summed E-state index contributed by atoms with van der Waals surface area (Å²) in [6.07, 6.45) is 4.43. The highest BCUT2D eigenvalue weighted by atomic mass is 16.2. The molecule has 2 fully saturated rings. The molecule has 3 aliphatic rings. The van der Waals surface area contributed by atoms with Crippen molar-refractivity contribution >= 4 is 5.91 Å². The fourth-order valence-electron chi connectivity index (χ4n) is 4.52. The van der Waals surface area contributed by atoms with Crippen LogP contribution in [0.5, 0.6) is 0 Å². The van der Waals surface area contributed by atoms with Crippen molar-refractivity contribution in [3.05, 3.63) is 35.4 Å². The Labute approximate surface area is 138 Å². The van der Waals surface area contributed by atoms with Gasteiger partial charge in [0.05, 0.1) is 5.92 Å². The zero-order valence-electron chi connectivity index (χ0n) is 13.8. The summed E-state index contributed by atoms with van der Waals surface area (Å²) >= 11 is 0. The molecule has 4 nitrogen and oxygen atoms in total. The number of hydrogen-bond acceptors (Lipinski definition) is 3. The number of nitrogens with zero attached hydrogens (tertiary/aromatic N) is 2. The molecule has 2 atom stereocenters. The highest BCUT2D eigenvalue weighted by Gasteiger charge is 2.35. The average Bonchev–Trinajstić information content (AvgIpc) is 3.11. The SMILES string of the molecule is O=C(C1CCCc2ccccc21)N1CCC(N2CCNCC2)C1. The number of nitrogens with one attached hydrogen (secondary N) is 1. The normalized spacial score (nSPS) is 28.6. The Bertz CT molecular complexity index is 567. The summed E-state index contributed by atoms with van der Waals surface area (Å²) in [5, 5.41) is 3.41. The standard InChI is InChI=1S/C19H27N3O/c23-19(18-7-3-5-15-4-1-2-6-17(15)18)22-11-8-16(14-22)21-12-9-20-10-13-21/h1-2,4,6,16,18,20H,3,5,7-14H2. The van der Waals surface area contributed by atoms with Gasteiger partial charge < -0.3 is 10.2 Å². The molecule has 124 valence electrons. The van der Waals surface area contributed by atoms with Gasteiger partial charge in [-0.2, -0.15) is 0 Å². The molecule has 0 radical (unpaired) electrons. The molecule has 4 rings (SSSR count). The number of rotatable bonds is 2. The van der Waals surface area contributed by atoms with Crippen LogP contribution in [0.1, 0.15) is 36.3 Å². The largest absolute Gasteiger partial charge is 0.341 e.